The Balaban J connectivity index is 2.30. The van der Waals surface area contributed by atoms with E-state index in [1.165, 1.54) is 0 Å². The fourth-order valence-electron chi connectivity index (χ4n) is 1.65. The van der Waals surface area contributed by atoms with Gasteiger partial charge in [-0.1, -0.05) is 6.92 Å². The highest BCUT2D eigenvalue weighted by Crippen LogP contribution is 2.04. The van der Waals surface area contributed by atoms with Crippen LogP contribution < -0.4 is 10.0 Å². The van der Waals surface area contributed by atoms with E-state index in [0.717, 1.165) is 18.7 Å². The molecule has 1 atom stereocenters. The zero-order valence-corrected chi connectivity index (χ0v) is 11.8. The van der Waals surface area contributed by atoms with Crippen molar-refractivity contribution in [1.29, 1.82) is 0 Å². The molecule has 1 aromatic rings. The summed E-state index contributed by atoms with van der Waals surface area (Å²) in [5, 5.41) is 3.07. The molecule has 6 heteroatoms. The molecule has 1 heterocycles. The Labute approximate surface area is 109 Å². The summed E-state index contributed by atoms with van der Waals surface area (Å²) in [5.74, 6) is 0.893. The summed E-state index contributed by atoms with van der Waals surface area (Å²) in [4.78, 5) is 0. The maximum Gasteiger partial charge on any atom is 0.213 e. The van der Waals surface area contributed by atoms with Crippen LogP contribution in [0.3, 0.4) is 0 Å². The molecule has 5 nitrogen and oxygen atoms in total. The van der Waals surface area contributed by atoms with E-state index in [2.05, 4.69) is 10.0 Å². The van der Waals surface area contributed by atoms with Gasteiger partial charge in [-0.2, -0.15) is 0 Å². The third kappa shape index (κ3) is 6.18. The molecular formula is C12H22N2O3S. The molecule has 0 aliphatic rings. The second-order valence-electron chi connectivity index (χ2n) is 4.37. The van der Waals surface area contributed by atoms with Gasteiger partial charge >= 0.3 is 0 Å². The van der Waals surface area contributed by atoms with E-state index in [-0.39, 0.29) is 11.8 Å². The van der Waals surface area contributed by atoms with Crippen LogP contribution in [-0.2, 0) is 16.4 Å². The van der Waals surface area contributed by atoms with E-state index in [4.69, 9.17) is 4.42 Å². The van der Waals surface area contributed by atoms with Gasteiger partial charge in [0.05, 0.1) is 12.0 Å². The first-order chi connectivity index (χ1) is 8.53. The second kappa shape index (κ2) is 7.56. The predicted molar refractivity (Wildman–Crippen MR) is 72.0 cm³/mol. The number of nitrogens with one attached hydrogen (secondary N) is 2. The third-order valence-electron chi connectivity index (χ3n) is 2.44. The molecule has 0 fully saturated rings. The lowest BCUT2D eigenvalue weighted by Gasteiger charge is -2.13. The average molecular weight is 274 g/mol. The highest BCUT2D eigenvalue weighted by molar-refractivity contribution is 7.89. The molecule has 0 saturated carbocycles. The van der Waals surface area contributed by atoms with Gasteiger partial charge in [0, 0.05) is 19.0 Å². The van der Waals surface area contributed by atoms with E-state index in [9.17, 15) is 8.42 Å². The van der Waals surface area contributed by atoms with Crippen LogP contribution in [0.4, 0.5) is 0 Å². The Morgan fingerprint density at radius 3 is 2.78 bits per heavy atom. The summed E-state index contributed by atoms with van der Waals surface area (Å²) >= 11 is 0. The van der Waals surface area contributed by atoms with Crippen molar-refractivity contribution in [3.63, 3.8) is 0 Å². The number of hydrogen-bond acceptors (Lipinski definition) is 4. The lowest BCUT2D eigenvalue weighted by Crippen LogP contribution is -2.38. The first-order valence-electron chi connectivity index (χ1n) is 6.26. The van der Waals surface area contributed by atoms with Gasteiger partial charge in [0.2, 0.25) is 10.0 Å². The molecular weight excluding hydrogens is 252 g/mol. The minimum absolute atomic E-state index is 0.107. The SMILES string of the molecule is CCCNCCS(=O)(=O)NC(C)Cc1ccco1. The van der Waals surface area contributed by atoms with Crippen LogP contribution in [0.15, 0.2) is 22.8 Å². The van der Waals surface area contributed by atoms with Crippen LogP contribution in [0, 0.1) is 0 Å². The Bertz CT molecular complexity index is 415. The predicted octanol–water partition coefficient (Wildman–Crippen LogP) is 1.13. The molecule has 0 aliphatic heterocycles. The standard InChI is InChI=1S/C12H22N2O3S/c1-3-6-13-7-9-18(15,16)14-11(2)10-12-5-4-8-17-12/h4-5,8,11,13-14H,3,6-7,9-10H2,1-2H3. The molecule has 0 bridgehead atoms. The first-order valence-corrected chi connectivity index (χ1v) is 7.92. The maximum absolute atomic E-state index is 11.8. The molecule has 0 aliphatic carbocycles. The molecule has 2 N–H and O–H groups in total. The number of furan rings is 1. The van der Waals surface area contributed by atoms with Crippen LogP contribution >= 0.6 is 0 Å². The number of sulfonamides is 1. The van der Waals surface area contributed by atoms with Crippen molar-refractivity contribution in [2.45, 2.75) is 32.7 Å². The van der Waals surface area contributed by atoms with Gasteiger partial charge in [-0.25, -0.2) is 13.1 Å². The number of rotatable bonds is 9. The maximum atomic E-state index is 11.8. The number of hydrogen-bond donors (Lipinski definition) is 2. The molecule has 18 heavy (non-hydrogen) atoms. The van der Waals surface area contributed by atoms with Gasteiger partial charge in [0.1, 0.15) is 5.76 Å². The van der Waals surface area contributed by atoms with Gasteiger partial charge in [-0.15, -0.1) is 0 Å². The van der Waals surface area contributed by atoms with Crippen LogP contribution in [-0.4, -0.2) is 33.3 Å². The zero-order valence-electron chi connectivity index (χ0n) is 11.0. The van der Waals surface area contributed by atoms with Crippen LogP contribution in [0.5, 0.6) is 0 Å². The summed E-state index contributed by atoms with van der Waals surface area (Å²) in [6.45, 7) is 5.21. The molecule has 0 saturated heterocycles. The van der Waals surface area contributed by atoms with Gasteiger partial charge in [0.25, 0.3) is 0 Å². The largest absolute Gasteiger partial charge is 0.469 e. The Morgan fingerprint density at radius 2 is 2.17 bits per heavy atom. The first kappa shape index (κ1) is 15.2. The van der Waals surface area contributed by atoms with Crippen LogP contribution in [0.25, 0.3) is 0 Å². The van der Waals surface area contributed by atoms with E-state index in [0.29, 0.717) is 13.0 Å². The second-order valence-corrected chi connectivity index (χ2v) is 6.24. The summed E-state index contributed by atoms with van der Waals surface area (Å²) < 4.78 is 31.3. The third-order valence-corrected chi connectivity index (χ3v) is 3.95. The quantitative estimate of drug-likeness (QED) is 0.662. The molecule has 104 valence electrons. The Morgan fingerprint density at radius 1 is 1.39 bits per heavy atom. The molecule has 0 spiro atoms. The topological polar surface area (TPSA) is 71.3 Å². The molecule has 0 radical (unpaired) electrons. The minimum Gasteiger partial charge on any atom is -0.469 e. The normalized spacial score (nSPS) is 13.7. The van der Waals surface area contributed by atoms with Gasteiger partial charge < -0.3 is 9.73 Å². The average Bonchev–Trinajstić information content (AvgIpc) is 2.76. The molecule has 1 unspecified atom stereocenters. The van der Waals surface area contributed by atoms with Crippen molar-refractivity contribution in [2.75, 3.05) is 18.8 Å². The highest BCUT2D eigenvalue weighted by atomic mass is 32.2. The summed E-state index contributed by atoms with van der Waals surface area (Å²) in [6.07, 6.45) is 3.15. The minimum atomic E-state index is -3.22. The molecule has 1 rings (SSSR count). The fourth-order valence-corrected chi connectivity index (χ4v) is 2.87. The van der Waals surface area contributed by atoms with Crippen molar-refractivity contribution in [2.24, 2.45) is 0 Å². The van der Waals surface area contributed by atoms with Crippen LogP contribution in [0.1, 0.15) is 26.0 Å². The van der Waals surface area contributed by atoms with Gasteiger partial charge in [-0.3, -0.25) is 0 Å². The molecule has 0 amide bonds. The van der Waals surface area contributed by atoms with E-state index in [1.54, 1.807) is 12.3 Å². The van der Waals surface area contributed by atoms with E-state index >= 15 is 0 Å². The van der Waals surface area contributed by atoms with Crippen molar-refractivity contribution < 1.29 is 12.8 Å². The summed E-state index contributed by atoms with van der Waals surface area (Å²) in [5.41, 5.74) is 0. The van der Waals surface area contributed by atoms with Crippen molar-refractivity contribution in [1.82, 2.24) is 10.0 Å². The Hall–Kier alpha value is -0.850. The van der Waals surface area contributed by atoms with E-state index < -0.39 is 10.0 Å². The fraction of sp³-hybridized carbons (Fsp3) is 0.667. The lowest BCUT2D eigenvalue weighted by molar-refractivity contribution is 0.478. The summed E-state index contributed by atoms with van der Waals surface area (Å²) in [6, 6.07) is 3.48. The monoisotopic (exact) mass is 274 g/mol. The molecule has 0 aromatic carbocycles. The lowest BCUT2D eigenvalue weighted by atomic mass is 10.2. The van der Waals surface area contributed by atoms with Crippen molar-refractivity contribution in [3.05, 3.63) is 24.2 Å². The smallest absolute Gasteiger partial charge is 0.213 e. The van der Waals surface area contributed by atoms with Crippen molar-refractivity contribution >= 4 is 10.0 Å². The summed E-state index contributed by atoms with van der Waals surface area (Å²) in [7, 11) is -3.22. The van der Waals surface area contributed by atoms with Gasteiger partial charge in [-0.05, 0) is 32.0 Å². The van der Waals surface area contributed by atoms with Gasteiger partial charge in [0.15, 0.2) is 0 Å². The zero-order chi connectivity index (χ0) is 13.4. The Kier molecular flexibility index (Phi) is 6.38. The van der Waals surface area contributed by atoms with E-state index in [1.807, 2.05) is 19.9 Å². The van der Waals surface area contributed by atoms with Crippen molar-refractivity contribution in [3.8, 4) is 0 Å². The van der Waals surface area contributed by atoms with Crippen LogP contribution in [0.2, 0.25) is 0 Å². The molecule has 1 aromatic heterocycles. The highest BCUT2D eigenvalue weighted by Gasteiger charge is 2.15.